The van der Waals surface area contributed by atoms with Crippen LogP contribution in [-0.2, 0) is 23.1 Å². The largest absolute Gasteiger partial charge is 0.465 e. The molecule has 0 spiro atoms. The molecule has 0 fully saturated rings. The number of hydrogen-bond acceptors (Lipinski definition) is 6. The zero-order chi connectivity index (χ0) is 21.1. The molecule has 3 aromatic heterocycles. The molecule has 4 aromatic rings. The number of anilines is 1. The van der Waals surface area contributed by atoms with E-state index in [1.807, 2.05) is 19.3 Å². The summed E-state index contributed by atoms with van der Waals surface area (Å²) < 4.78 is 8.14. The second-order valence-corrected chi connectivity index (χ2v) is 6.67. The second-order valence-electron chi connectivity index (χ2n) is 6.67. The van der Waals surface area contributed by atoms with Crippen molar-refractivity contribution in [1.29, 1.82) is 0 Å². The first-order valence-corrected chi connectivity index (χ1v) is 9.42. The van der Waals surface area contributed by atoms with Gasteiger partial charge in [-0.05, 0) is 37.3 Å². The minimum atomic E-state index is -0.349. The highest BCUT2D eigenvalue weighted by atomic mass is 16.5. The quantitative estimate of drug-likeness (QED) is 0.496. The van der Waals surface area contributed by atoms with E-state index >= 15 is 0 Å². The highest BCUT2D eigenvalue weighted by Crippen LogP contribution is 2.20. The summed E-state index contributed by atoms with van der Waals surface area (Å²) in [5.74, 6) is -0.669. The molecule has 0 atom stereocenters. The van der Waals surface area contributed by atoms with E-state index in [4.69, 9.17) is 4.74 Å². The number of ether oxygens (including phenoxy) is 1. The number of nitrogens with zero attached hydrogens (tertiary/aromatic N) is 5. The van der Waals surface area contributed by atoms with Crippen molar-refractivity contribution < 1.29 is 14.3 Å². The van der Waals surface area contributed by atoms with E-state index in [-0.39, 0.29) is 18.4 Å². The monoisotopic (exact) mass is 404 g/mol. The molecule has 0 saturated carbocycles. The molecule has 0 radical (unpaired) electrons. The van der Waals surface area contributed by atoms with Crippen molar-refractivity contribution in [3.8, 4) is 11.3 Å². The van der Waals surface area contributed by atoms with E-state index in [9.17, 15) is 9.59 Å². The van der Waals surface area contributed by atoms with Gasteiger partial charge in [-0.15, -0.1) is 0 Å². The van der Waals surface area contributed by atoms with Crippen LogP contribution in [0.2, 0.25) is 0 Å². The van der Waals surface area contributed by atoms with E-state index in [2.05, 4.69) is 20.5 Å². The first kappa shape index (κ1) is 19.3. The fraction of sp³-hybridized carbons (Fsp3) is 0.190. The molecule has 3 heterocycles. The number of aromatic nitrogens is 5. The Kier molecular flexibility index (Phi) is 5.25. The maximum Gasteiger partial charge on any atom is 0.327 e. The Bertz CT molecular complexity index is 1230. The predicted molar refractivity (Wildman–Crippen MR) is 111 cm³/mol. The van der Waals surface area contributed by atoms with E-state index in [0.717, 1.165) is 10.9 Å². The zero-order valence-electron chi connectivity index (χ0n) is 16.6. The Morgan fingerprint density at radius 1 is 1.17 bits per heavy atom. The Morgan fingerprint density at radius 2 is 2.03 bits per heavy atom. The maximum atomic E-state index is 12.7. The third-order valence-electron chi connectivity index (χ3n) is 4.39. The molecule has 30 heavy (non-hydrogen) atoms. The second kappa shape index (κ2) is 8.16. The number of fused-ring (bicyclic) bond motifs is 1. The number of amides is 1. The summed E-state index contributed by atoms with van der Waals surface area (Å²) in [6.07, 6.45) is 5.28. The van der Waals surface area contributed by atoms with Crippen molar-refractivity contribution in [2.45, 2.75) is 13.5 Å². The van der Waals surface area contributed by atoms with E-state index in [0.29, 0.717) is 29.2 Å². The summed E-state index contributed by atoms with van der Waals surface area (Å²) in [4.78, 5) is 28.8. The number of aryl methyl sites for hydroxylation is 1. The highest BCUT2D eigenvalue weighted by molar-refractivity contribution is 6.04. The van der Waals surface area contributed by atoms with Crippen LogP contribution in [-0.4, -0.2) is 43.0 Å². The van der Waals surface area contributed by atoms with Gasteiger partial charge >= 0.3 is 5.97 Å². The lowest BCUT2D eigenvalue weighted by molar-refractivity contribution is -0.144. The molecule has 152 valence electrons. The first-order valence-electron chi connectivity index (χ1n) is 9.42. The van der Waals surface area contributed by atoms with Gasteiger partial charge in [0.05, 0.1) is 24.0 Å². The van der Waals surface area contributed by atoms with Gasteiger partial charge < -0.3 is 10.1 Å². The first-order chi connectivity index (χ1) is 14.5. The van der Waals surface area contributed by atoms with Gasteiger partial charge in [0, 0.05) is 36.1 Å². The van der Waals surface area contributed by atoms with Crippen molar-refractivity contribution in [3.63, 3.8) is 0 Å². The molecule has 0 aliphatic heterocycles. The number of benzene rings is 1. The van der Waals surface area contributed by atoms with E-state index < -0.39 is 0 Å². The maximum absolute atomic E-state index is 12.7. The lowest BCUT2D eigenvalue weighted by atomic mass is 10.2. The van der Waals surface area contributed by atoms with Crippen LogP contribution in [0.5, 0.6) is 0 Å². The van der Waals surface area contributed by atoms with E-state index in [1.165, 1.54) is 4.68 Å². The minimum Gasteiger partial charge on any atom is -0.465 e. The van der Waals surface area contributed by atoms with Crippen molar-refractivity contribution >= 4 is 28.5 Å². The Labute approximate surface area is 172 Å². The smallest absolute Gasteiger partial charge is 0.327 e. The summed E-state index contributed by atoms with van der Waals surface area (Å²) >= 11 is 0. The SMILES string of the molecule is CCOC(=O)Cn1cc2cc(NC(=O)c3cccc(-c4cnn(C)c4)n3)ccc2n1. The van der Waals surface area contributed by atoms with Gasteiger partial charge in [-0.25, -0.2) is 4.98 Å². The molecule has 0 aliphatic rings. The summed E-state index contributed by atoms with van der Waals surface area (Å²) in [7, 11) is 1.82. The van der Waals surface area contributed by atoms with Crippen LogP contribution in [0.1, 0.15) is 17.4 Å². The molecule has 1 N–H and O–H groups in total. The predicted octanol–water partition coefficient (Wildman–Crippen LogP) is 2.65. The number of esters is 1. The average molecular weight is 404 g/mol. The van der Waals surface area contributed by atoms with Gasteiger partial charge in [0.2, 0.25) is 0 Å². The molecule has 1 aromatic carbocycles. The Hall–Kier alpha value is -4.01. The van der Waals surface area contributed by atoms with Crippen LogP contribution in [0, 0.1) is 0 Å². The third kappa shape index (κ3) is 4.19. The van der Waals surface area contributed by atoms with Crippen molar-refractivity contribution in [1.82, 2.24) is 24.5 Å². The zero-order valence-corrected chi connectivity index (χ0v) is 16.6. The molecule has 1 amide bonds. The number of pyridine rings is 1. The van der Waals surface area contributed by atoms with Crippen LogP contribution < -0.4 is 5.32 Å². The normalized spacial score (nSPS) is 10.9. The molecule has 0 saturated heterocycles. The summed E-state index contributed by atoms with van der Waals surface area (Å²) in [6, 6.07) is 10.6. The van der Waals surface area contributed by atoms with Gasteiger partial charge in [-0.3, -0.25) is 19.0 Å². The molecule has 9 heteroatoms. The Balaban J connectivity index is 1.51. The standard InChI is InChI=1S/C21H20N6O3/c1-3-30-20(28)13-27-12-14-9-16(7-8-18(14)25-27)23-21(29)19-6-4-5-17(24-19)15-10-22-26(2)11-15/h4-12H,3,13H2,1-2H3,(H,23,29). The molecule has 9 nitrogen and oxygen atoms in total. The lowest BCUT2D eigenvalue weighted by Crippen LogP contribution is -2.13. The van der Waals surface area contributed by atoms with Crippen LogP contribution >= 0.6 is 0 Å². The summed E-state index contributed by atoms with van der Waals surface area (Å²) in [5, 5.41) is 12.1. The highest BCUT2D eigenvalue weighted by Gasteiger charge is 2.12. The summed E-state index contributed by atoms with van der Waals surface area (Å²) in [6.45, 7) is 2.12. The number of carbonyl (C=O) groups excluding carboxylic acids is 2. The van der Waals surface area contributed by atoms with Gasteiger partial charge in [0.15, 0.2) is 0 Å². The number of nitrogens with one attached hydrogen (secondary N) is 1. The number of rotatable bonds is 6. The summed E-state index contributed by atoms with van der Waals surface area (Å²) in [5.41, 5.74) is 3.13. The number of hydrogen-bond donors (Lipinski definition) is 1. The molecule has 0 unspecified atom stereocenters. The molecular formula is C21H20N6O3. The molecular weight excluding hydrogens is 384 g/mol. The van der Waals surface area contributed by atoms with Gasteiger partial charge in [0.1, 0.15) is 12.2 Å². The molecule has 0 bridgehead atoms. The van der Waals surface area contributed by atoms with Gasteiger partial charge in [0.25, 0.3) is 5.91 Å². The lowest BCUT2D eigenvalue weighted by Gasteiger charge is -2.06. The van der Waals surface area contributed by atoms with Gasteiger partial charge in [-0.2, -0.15) is 10.2 Å². The van der Waals surface area contributed by atoms with Crippen molar-refractivity contribution in [2.24, 2.45) is 7.05 Å². The molecule has 0 aliphatic carbocycles. The number of carbonyl (C=O) groups is 2. The fourth-order valence-electron chi connectivity index (χ4n) is 3.05. The average Bonchev–Trinajstić information content (AvgIpc) is 3.33. The molecule has 4 rings (SSSR count). The minimum absolute atomic E-state index is 0.0370. The topological polar surface area (TPSA) is 104 Å². The van der Waals surface area contributed by atoms with Crippen LogP contribution in [0.15, 0.2) is 55.0 Å². The Morgan fingerprint density at radius 3 is 2.80 bits per heavy atom. The fourth-order valence-corrected chi connectivity index (χ4v) is 3.05. The van der Waals surface area contributed by atoms with Crippen LogP contribution in [0.25, 0.3) is 22.2 Å². The van der Waals surface area contributed by atoms with Crippen molar-refractivity contribution in [3.05, 3.63) is 60.7 Å². The van der Waals surface area contributed by atoms with Crippen molar-refractivity contribution in [2.75, 3.05) is 11.9 Å². The van der Waals surface area contributed by atoms with Crippen LogP contribution in [0.3, 0.4) is 0 Å². The van der Waals surface area contributed by atoms with Crippen LogP contribution in [0.4, 0.5) is 5.69 Å². The van der Waals surface area contributed by atoms with Gasteiger partial charge in [-0.1, -0.05) is 6.07 Å². The third-order valence-corrected chi connectivity index (χ3v) is 4.39. The van der Waals surface area contributed by atoms with E-state index in [1.54, 1.807) is 54.3 Å².